The first-order chi connectivity index (χ1) is 14.0. The number of benzene rings is 1. The summed E-state index contributed by atoms with van der Waals surface area (Å²) in [6.07, 6.45) is 5.01. The Bertz CT molecular complexity index is 883. The zero-order chi connectivity index (χ0) is 20.8. The zero-order valence-electron chi connectivity index (χ0n) is 16.0. The first-order valence-corrected chi connectivity index (χ1v) is 10.5. The van der Waals surface area contributed by atoms with Gasteiger partial charge in [0.1, 0.15) is 6.04 Å². The number of thiocarbonyl (C=S) groups is 1. The summed E-state index contributed by atoms with van der Waals surface area (Å²) in [5.74, 6) is 0.225. The van der Waals surface area contributed by atoms with Gasteiger partial charge >= 0.3 is 0 Å². The normalized spacial score (nSPS) is 16.3. The van der Waals surface area contributed by atoms with Crippen molar-refractivity contribution in [2.45, 2.75) is 44.7 Å². The molecule has 0 radical (unpaired) electrons. The van der Waals surface area contributed by atoms with Crippen LogP contribution < -0.4 is 16.0 Å². The summed E-state index contributed by atoms with van der Waals surface area (Å²) in [6, 6.07) is 7.20. The molecule has 8 nitrogen and oxygen atoms in total. The second-order valence-electron chi connectivity index (χ2n) is 6.90. The molecule has 3 N–H and O–H groups in total. The van der Waals surface area contributed by atoms with E-state index in [1.54, 1.807) is 0 Å². The maximum atomic E-state index is 12.6. The minimum atomic E-state index is -0.514. The standard InChI is InChI=1S/C19H24N6O2S2/c20-17(26)9-8-16-18(27)25(19(29)21-16)15-6-3-13(4-7-15)2-5-14-12-24(23-22-14)10-1-11-28/h3-4,6-7,12,16,28H,1-2,5,8-11H2,(H2,20,26)(H,21,29). The molecule has 1 aliphatic rings. The Morgan fingerprint density at radius 2 is 2.03 bits per heavy atom. The number of hydrogen-bond acceptors (Lipinski definition) is 6. The topological polar surface area (TPSA) is 106 Å². The van der Waals surface area contributed by atoms with Gasteiger partial charge in [0, 0.05) is 19.2 Å². The average Bonchev–Trinajstić information content (AvgIpc) is 3.27. The highest BCUT2D eigenvalue weighted by molar-refractivity contribution is 7.80. The highest BCUT2D eigenvalue weighted by atomic mass is 32.1. The van der Waals surface area contributed by atoms with Gasteiger partial charge in [-0.3, -0.25) is 19.2 Å². The number of thiol groups is 1. The lowest BCUT2D eigenvalue weighted by atomic mass is 10.1. The van der Waals surface area contributed by atoms with Crippen LogP contribution in [0.5, 0.6) is 0 Å². The van der Waals surface area contributed by atoms with E-state index in [4.69, 9.17) is 18.0 Å². The van der Waals surface area contributed by atoms with Crippen molar-refractivity contribution in [1.82, 2.24) is 20.3 Å². The molecule has 1 aliphatic heterocycles. The molecule has 154 valence electrons. The van der Waals surface area contributed by atoms with Crippen molar-refractivity contribution in [1.29, 1.82) is 0 Å². The average molecular weight is 433 g/mol. The lowest BCUT2D eigenvalue weighted by Crippen LogP contribution is -2.31. The fraction of sp³-hybridized carbons (Fsp3) is 0.421. The summed E-state index contributed by atoms with van der Waals surface area (Å²) in [5, 5.41) is 11.6. The van der Waals surface area contributed by atoms with Crippen LogP contribution in [0.1, 0.15) is 30.5 Å². The number of primary amides is 1. The molecule has 2 aromatic rings. The monoisotopic (exact) mass is 432 g/mol. The van der Waals surface area contributed by atoms with Crippen molar-refractivity contribution in [3.8, 4) is 0 Å². The third-order valence-corrected chi connectivity index (χ3v) is 5.31. The first-order valence-electron chi connectivity index (χ1n) is 9.49. The molecule has 1 fully saturated rings. The minimum absolute atomic E-state index is 0.137. The lowest BCUT2D eigenvalue weighted by Gasteiger charge is -2.15. The highest BCUT2D eigenvalue weighted by Crippen LogP contribution is 2.22. The van der Waals surface area contributed by atoms with E-state index >= 15 is 0 Å². The molecule has 10 heteroatoms. The van der Waals surface area contributed by atoms with Crippen molar-refractivity contribution >= 4 is 47.5 Å². The SMILES string of the molecule is NC(=O)CCC1NC(=S)N(c2ccc(CCc3cn(CCCS)nn3)cc2)C1=O. The van der Waals surface area contributed by atoms with Gasteiger partial charge < -0.3 is 11.1 Å². The van der Waals surface area contributed by atoms with E-state index in [-0.39, 0.29) is 12.3 Å². The molecular weight excluding hydrogens is 408 g/mol. The van der Waals surface area contributed by atoms with Crippen molar-refractivity contribution in [3.63, 3.8) is 0 Å². The van der Waals surface area contributed by atoms with Crippen LogP contribution in [0.4, 0.5) is 5.69 Å². The lowest BCUT2D eigenvalue weighted by molar-refractivity contribution is -0.119. The van der Waals surface area contributed by atoms with Crippen LogP contribution in [0.15, 0.2) is 30.5 Å². The van der Waals surface area contributed by atoms with Gasteiger partial charge in [0.05, 0.1) is 11.4 Å². The number of nitrogens with zero attached hydrogens (tertiary/aromatic N) is 4. The largest absolute Gasteiger partial charge is 0.370 e. The molecule has 1 aromatic heterocycles. The summed E-state index contributed by atoms with van der Waals surface area (Å²) >= 11 is 9.50. The number of rotatable bonds is 10. The van der Waals surface area contributed by atoms with Gasteiger partial charge in [0.15, 0.2) is 5.11 Å². The van der Waals surface area contributed by atoms with E-state index in [0.29, 0.717) is 17.2 Å². The number of carbonyl (C=O) groups excluding carboxylic acids is 2. The van der Waals surface area contributed by atoms with Crippen LogP contribution in [0, 0.1) is 0 Å². The molecular formula is C19H24N6O2S2. The summed E-state index contributed by atoms with van der Waals surface area (Å²) < 4.78 is 1.84. The Morgan fingerprint density at radius 1 is 1.28 bits per heavy atom. The summed E-state index contributed by atoms with van der Waals surface area (Å²) in [4.78, 5) is 25.0. The number of carbonyl (C=O) groups is 2. The van der Waals surface area contributed by atoms with Gasteiger partial charge in [-0.15, -0.1) is 5.10 Å². The Kier molecular flexibility index (Phi) is 7.21. The van der Waals surface area contributed by atoms with E-state index in [9.17, 15) is 9.59 Å². The van der Waals surface area contributed by atoms with Crippen LogP contribution in [-0.4, -0.2) is 43.7 Å². The van der Waals surface area contributed by atoms with Crippen molar-refractivity contribution in [3.05, 3.63) is 41.7 Å². The molecule has 1 aromatic carbocycles. The Hall–Kier alpha value is -2.46. The number of aromatic nitrogens is 3. The van der Waals surface area contributed by atoms with Crippen LogP contribution in [0.3, 0.4) is 0 Å². The Labute approximate surface area is 180 Å². The number of hydrogen-bond donors (Lipinski definition) is 3. The molecule has 0 spiro atoms. The Balaban J connectivity index is 1.57. The van der Waals surface area contributed by atoms with Gasteiger partial charge in [-0.2, -0.15) is 12.6 Å². The maximum absolute atomic E-state index is 12.6. The van der Waals surface area contributed by atoms with Crippen LogP contribution in [0.2, 0.25) is 0 Å². The van der Waals surface area contributed by atoms with Gasteiger partial charge in [-0.25, -0.2) is 0 Å². The molecule has 1 unspecified atom stereocenters. The van der Waals surface area contributed by atoms with Crippen LogP contribution >= 0.6 is 24.8 Å². The number of nitrogens with two attached hydrogens (primary N) is 1. The predicted molar refractivity (Wildman–Crippen MR) is 118 cm³/mol. The van der Waals surface area contributed by atoms with Gasteiger partial charge in [0.2, 0.25) is 5.91 Å². The van der Waals surface area contributed by atoms with Gasteiger partial charge in [-0.05, 0) is 61.4 Å². The molecule has 0 bridgehead atoms. The summed E-state index contributed by atoms with van der Waals surface area (Å²) in [6.45, 7) is 0.823. The summed E-state index contributed by atoms with van der Waals surface area (Å²) in [7, 11) is 0. The zero-order valence-corrected chi connectivity index (χ0v) is 17.7. The number of aryl methyl sites for hydroxylation is 3. The second kappa shape index (κ2) is 9.84. The van der Waals surface area contributed by atoms with Crippen LogP contribution in [0.25, 0.3) is 0 Å². The van der Waals surface area contributed by atoms with Gasteiger partial charge in [-0.1, -0.05) is 17.3 Å². The van der Waals surface area contributed by atoms with E-state index in [1.807, 2.05) is 35.1 Å². The van der Waals surface area contributed by atoms with Crippen molar-refractivity contribution < 1.29 is 9.59 Å². The fourth-order valence-corrected chi connectivity index (χ4v) is 3.62. The highest BCUT2D eigenvalue weighted by Gasteiger charge is 2.36. The van der Waals surface area contributed by atoms with Gasteiger partial charge in [0.25, 0.3) is 5.91 Å². The van der Waals surface area contributed by atoms with Crippen molar-refractivity contribution in [2.75, 3.05) is 10.7 Å². The number of amides is 2. The molecule has 3 rings (SSSR count). The molecule has 2 amide bonds. The number of anilines is 1. The molecule has 29 heavy (non-hydrogen) atoms. The Morgan fingerprint density at radius 3 is 2.72 bits per heavy atom. The van der Waals surface area contributed by atoms with Crippen LogP contribution in [-0.2, 0) is 29.0 Å². The maximum Gasteiger partial charge on any atom is 0.255 e. The van der Waals surface area contributed by atoms with E-state index in [0.717, 1.165) is 42.8 Å². The quantitative estimate of drug-likeness (QED) is 0.385. The molecule has 1 saturated heterocycles. The van der Waals surface area contributed by atoms with E-state index < -0.39 is 11.9 Å². The van der Waals surface area contributed by atoms with E-state index in [2.05, 4.69) is 28.3 Å². The molecule has 0 saturated carbocycles. The third-order valence-electron chi connectivity index (χ3n) is 4.69. The third kappa shape index (κ3) is 5.54. The smallest absolute Gasteiger partial charge is 0.255 e. The molecule has 0 aliphatic carbocycles. The predicted octanol–water partition coefficient (Wildman–Crippen LogP) is 1.24. The fourth-order valence-electron chi connectivity index (χ4n) is 3.14. The number of nitrogens with one attached hydrogen (secondary N) is 1. The minimum Gasteiger partial charge on any atom is -0.370 e. The van der Waals surface area contributed by atoms with E-state index in [1.165, 1.54) is 4.90 Å². The summed E-state index contributed by atoms with van der Waals surface area (Å²) in [5.41, 5.74) is 7.96. The van der Waals surface area contributed by atoms with Crippen molar-refractivity contribution in [2.24, 2.45) is 5.73 Å². The second-order valence-corrected chi connectivity index (χ2v) is 7.73. The molecule has 1 atom stereocenters. The molecule has 2 heterocycles. The first kappa shape index (κ1) is 21.3.